The van der Waals surface area contributed by atoms with Gasteiger partial charge in [-0.1, -0.05) is 24.6 Å². The zero-order valence-electron chi connectivity index (χ0n) is 12.5. The summed E-state index contributed by atoms with van der Waals surface area (Å²) in [7, 11) is -2.58. The number of benzene rings is 1. The van der Waals surface area contributed by atoms with Gasteiger partial charge in [0.1, 0.15) is 0 Å². The maximum absolute atomic E-state index is 14.1. The van der Waals surface area contributed by atoms with E-state index in [-0.39, 0.29) is 0 Å². The Labute approximate surface area is 127 Å². The summed E-state index contributed by atoms with van der Waals surface area (Å²) in [4.78, 5) is 14.1. The van der Waals surface area contributed by atoms with Crippen LogP contribution in [0.2, 0.25) is 0 Å². The lowest BCUT2D eigenvalue weighted by Crippen LogP contribution is -2.47. The van der Waals surface area contributed by atoms with Gasteiger partial charge in [0, 0.05) is 19.6 Å². The molecule has 0 aliphatic carbocycles. The molecule has 0 saturated carbocycles. The summed E-state index contributed by atoms with van der Waals surface area (Å²) in [5, 5.41) is 0. The van der Waals surface area contributed by atoms with Gasteiger partial charge in [-0.25, -0.2) is 4.67 Å². The number of hydrogen-bond acceptors (Lipinski definition) is 4. The Bertz CT molecular complexity index is 494. The summed E-state index contributed by atoms with van der Waals surface area (Å²) in [5.74, 6) is 0. The Hall–Kier alpha value is -0.670. The lowest BCUT2D eigenvalue weighted by molar-refractivity contribution is -0.194. The van der Waals surface area contributed by atoms with Crippen molar-refractivity contribution in [3.63, 3.8) is 0 Å². The van der Waals surface area contributed by atoms with Crippen molar-refractivity contribution in [2.75, 3.05) is 30.8 Å². The molecular formula is C16H24N3OP. The molecule has 1 aromatic carbocycles. The molecular weight excluding hydrogens is 281 g/mol. The largest absolute Gasteiger partial charge is 0.631 e. The van der Waals surface area contributed by atoms with Crippen molar-refractivity contribution in [3.8, 4) is 0 Å². The quantitative estimate of drug-likeness (QED) is 0.786. The van der Waals surface area contributed by atoms with E-state index in [0.29, 0.717) is 6.04 Å². The highest BCUT2D eigenvalue weighted by Crippen LogP contribution is 2.68. The summed E-state index contributed by atoms with van der Waals surface area (Å²) in [6.45, 7) is 3.91. The topological polar surface area (TPSA) is 32.8 Å². The molecule has 3 fully saturated rings. The molecule has 4 rings (SSSR count). The van der Waals surface area contributed by atoms with Crippen LogP contribution in [-0.4, -0.2) is 41.6 Å². The lowest BCUT2D eigenvalue weighted by atomic mass is 10.2. The predicted octanol–water partition coefficient (Wildman–Crippen LogP) is 2.49. The smallest absolute Gasteiger partial charge is 0.209 e. The number of para-hydroxylation sites is 1. The predicted molar refractivity (Wildman–Crippen MR) is 85.9 cm³/mol. The van der Waals surface area contributed by atoms with Crippen LogP contribution in [0.4, 0.5) is 5.69 Å². The van der Waals surface area contributed by atoms with Gasteiger partial charge in [0.15, 0.2) is 0 Å². The number of piperidine rings is 1. The normalized spacial score (nSPS) is 34.3. The van der Waals surface area contributed by atoms with E-state index in [2.05, 4.69) is 38.3 Å². The van der Waals surface area contributed by atoms with Gasteiger partial charge in [-0.15, -0.1) is 9.34 Å². The number of hydrogen-bond donors (Lipinski definition) is 0. The summed E-state index contributed by atoms with van der Waals surface area (Å²) >= 11 is 0. The third kappa shape index (κ3) is 2.20. The first-order valence-corrected chi connectivity index (χ1v) is 9.82. The summed E-state index contributed by atoms with van der Waals surface area (Å²) in [5.41, 5.74) is 1.13. The SMILES string of the molecule is [O-][P+]1(N2CCCCC2)N(c2ccccc2)C[C@@H]2CCCN21. The fourth-order valence-corrected chi connectivity index (χ4v) is 7.67. The zero-order valence-corrected chi connectivity index (χ0v) is 13.4. The van der Waals surface area contributed by atoms with Crippen molar-refractivity contribution < 1.29 is 4.89 Å². The van der Waals surface area contributed by atoms with Crippen molar-refractivity contribution >= 4 is 13.6 Å². The highest BCUT2D eigenvalue weighted by atomic mass is 31.2. The van der Waals surface area contributed by atoms with Gasteiger partial charge in [-0.05, 0) is 37.8 Å². The first-order chi connectivity index (χ1) is 10.3. The molecule has 4 nitrogen and oxygen atoms in total. The van der Waals surface area contributed by atoms with Crippen LogP contribution in [-0.2, 0) is 0 Å². The number of anilines is 1. The Morgan fingerprint density at radius 2 is 1.71 bits per heavy atom. The second-order valence-corrected chi connectivity index (χ2v) is 8.99. The minimum atomic E-state index is -2.58. The van der Waals surface area contributed by atoms with E-state index < -0.39 is 7.94 Å². The molecule has 0 N–H and O–H groups in total. The molecule has 3 heterocycles. The van der Waals surface area contributed by atoms with Crippen LogP contribution in [0.5, 0.6) is 0 Å². The Balaban J connectivity index is 1.71. The van der Waals surface area contributed by atoms with Gasteiger partial charge in [0.05, 0.1) is 18.3 Å². The fourth-order valence-electron chi connectivity index (χ4n) is 4.10. The van der Waals surface area contributed by atoms with Crippen LogP contribution in [0.25, 0.3) is 0 Å². The van der Waals surface area contributed by atoms with Crippen molar-refractivity contribution in [1.29, 1.82) is 0 Å². The summed E-state index contributed by atoms with van der Waals surface area (Å²) in [6, 6.07) is 10.8. The van der Waals surface area contributed by atoms with E-state index >= 15 is 0 Å². The van der Waals surface area contributed by atoms with Crippen LogP contribution in [0, 0.1) is 0 Å². The van der Waals surface area contributed by atoms with E-state index in [1.165, 1.54) is 32.1 Å². The molecule has 2 atom stereocenters. The molecule has 0 spiro atoms. The monoisotopic (exact) mass is 305 g/mol. The highest BCUT2D eigenvalue weighted by Gasteiger charge is 2.58. The van der Waals surface area contributed by atoms with Crippen LogP contribution in [0.15, 0.2) is 30.3 Å². The molecule has 0 aromatic heterocycles. The highest BCUT2D eigenvalue weighted by molar-refractivity contribution is 7.66. The second kappa shape index (κ2) is 5.51. The number of rotatable bonds is 2. The molecule has 3 saturated heterocycles. The second-order valence-electron chi connectivity index (χ2n) is 6.40. The van der Waals surface area contributed by atoms with E-state index in [1.54, 1.807) is 0 Å². The third-order valence-electron chi connectivity index (χ3n) is 5.13. The van der Waals surface area contributed by atoms with Crippen LogP contribution >= 0.6 is 7.94 Å². The summed E-state index contributed by atoms with van der Waals surface area (Å²) in [6.07, 6.45) is 6.05. The number of fused-ring (bicyclic) bond motifs is 1. The van der Waals surface area contributed by atoms with Crippen molar-refractivity contribution in [1.82, 2.24) is 9.34 Å². The Kier molecular flexibility index (Phi) is 3.66. The molecule has 0 radical (unpaired) electrons. The fraction of sp³-hybridized carbons (Fsp3) is 0.625. The molecule has 5 heteroatoms. The zero-order chi connectivity index (χ0) is 14.3. The molecule has 3 aliphatic heterocycles. The average Bonchev–Trinajstić information content (AvgIpc) is 3.12. The minimum Gasteiger partial charge on any atom is -0.631 e. The van der Waals surface area contributed by atoms with Crippen LogP contribution in [0.3, 0.4) is 0 Å². The van der Waals surface area contributed by atoms with E-state index in [1.807, 2.05) is 6.07 Å². The molecule has 3 aliphatic rings. The maximum atomic E-state index is 14.1. The summed E-state index contributed by atoms with van der Waals surface area (Å²) < 4.78 is 6.86. The van der Waals surface area contributed by atoms with Gasteiger partial charge in [0.2, 0.25) is 7.94 Å². The maximum Gasteiger partial charge on any atom is 0.209 e. The molecule has 0 amide bonds. The lowest BCUT2D eigenvalue weighted by Gasteiger charge is -2.47. The van der Waals surface area contributed by atoms with E-state index in [0.717, 1.165) is 31.9 Å². The molecule has 1 unspecified atom stereocenters. The molecule has 114 valence electrons. The molecule has 21 heavy (non-hydrogen) atoms. The van der Waals surface area contributed by atoms with Crippen molar-refractivity contribution in [2.24, 2.45) is 0 Å². The Morgan fingerprint density at radius 1 is 0.952 bits per heavy atom. The van der Waals surface area contributed by atoms with Crippen molar-refractivity contribution in [2.45, 2.75) is 38.1 Å². The first-order valence-electron chi connectivity index (χ1n) is 8.26. The average molecular weight is 305 g/mol. The molecule has 0 bridgehead atoms. The first kappa shape index (κ1) is 14.0. The van der Waals surface area contributed by atoms with Gasteiger partial charge in [-0.2, -0.15) is 0 Å². The van der Waals surface area contributed by atoms with Crippen LogP contribution < -0.4 is 9.56 Å². The van der Waals surface area contributed by atoms with E-state index in [4.69, 9.17) is 0 Å². The minimum absolute atomic E-state index is 0.484. The number of nitrogens with zero attached hydrogens (tertiary/aromatic N) is 3. The molecule has 1 aromatic rings. The third-order valence-corrected chi connectivity index (χ3v) is 8.49. The van der Waals surface area contributed by atoms with Crippen LogP contribution in [0.1, 0.15) is 32.1 Å². The van der Waals surface area contributed by atoms with Gasteiger partial charge < -0.3 is 4.89 Å². The van der Waals surface area contributed by atoms with Gasteiger partial charge in [0.25, 0.3) is 0 Å². The van der Waals surface area contributed by atoms with Crippen molar-refractivity contribution in [3.05, 3.63) is 30.3 Å². The Morgan fingerprint density at radius 3 is 2.48 bits per heavy atom. The van der Waals surface area contributed by atoms with Gasteiger partial charge >= 0.3 is 0 Å². The van der Waals surface area contributed by atoms with Gasteiger partial charge in [-0.3, -0.25) is 0 Å². The van der Waals surface area contributed by atoms with E-state index in [9.17, 15) is 4.89 Å². The standard InChI is InChI=1S/C16H24N3OP/c20-21(17-11-5-2-6-12-17)18-13-7-10-16(18)14-19(21)15-8-3-1-4-9-15/h1,3-4,8-9,16H,2,5-7,10-14H2/t16-,21?/m0/s1.